The second-order valence-electron chi connectivity index (χ2n) is 5.63. The maximum absolute atomic E-state index is 11.8. The monoisotopic (exact) mass is 292 g/mol. The first-order chi connectivity index (χ1) is 9.71. The molecule has 4 nitrogen and oxygen atoms in total. The third-order valence-electron chi connectivity index (χ3n) is 3.89. The van der Waals surface area contributed by atoms with Crippen molar-refractivity contribution in [1.82, 2.24) is 9.88 Å². The van der Waals surface area contributed by atoms with E-state index < -0.39 is 0 Å². The summed E-state index contributed by atoms with van der Waals surface area (Å²) in [6.07, 6.45) is 6.39. The Bertz CT molecular complexity index is 474. The van der Waals surface area contributed by atoms with Crippen LogP contribution in [0.2, 0.25) is 0 Å². The van der Waals surface area contributed by atoms with Gasteiger partial charge in [-0.3, -0.25) is 9.78 Å². The predicted octanol–water partition coefficient (Wildman–Crippen LogP) is 2.35. The van der Waals surface area contributed by atoms with Crippen LogP contribution in [-0.4, -0.2) is 45.5 Å². The van der Waals surface area contributed by atoms with Crippen LogP contribution in [0.1, 0.15) is 26.2 Å². The number of carbonyl (C=O) groups excluding carboxylic acids is 1. The molecule has 0 N–H and O–H groups in total. The molecule has 108 valence electrons. The van der Waals surface area contributed by atoms with Crippen LogP contribution in [-0.2, 0) is 4.79 Å². The van der Waals surface area contributed by atoms with Crippen LogP contribution in [0.5, 0.6) is 5.75 Å². The molecule has 1 aromatic heterocycles. The van der Waals surface area contributed by atoms with Crippen molar-refractivity contribution >= 4 is 17.7 Å². The van der Waals surface area contributed by atoms with Crippen LogP contribution in [0.3, 0.4) is 0 Å². The maximum Gasteiger partial charge on any atom is 0.222 e. The molecule has 0 aromatic carbocycles. The van der Waals surface area contributed by atoms with Gasteiger partial charge in [-0.1, -0.05) is 6.92 Å². The highest BCUT2D eigenvalue weighted by Crippen LogP contribution is 2.46. The Morgan fingerprint density at radius 3 is 3.15 bits per heavy atom. The number of hydrogen-bond acceptors (Lipinski definition) is 4. The third kappa shape index (κ3) is 2.77. The lowest BCUT2D eigenvalue weighted by Crippen LogP contribution is -2.60. The van der Waals surface area contributed by atoms with Gasteiger partial charge in [0.05, 0.1) is 10.9 Å². The first-order valence-electron chi connectivity index (χ1n) is 7.19. The fourth-order valence-corrected chi connectivity index (χ4v) is 4.43. The number of pyridine rings is 1. The molecule has 0 bridgehead atoms. The van der Waals surface area contributed by atoms with Gasteiger partial charge in [-0.25, -0.2) is 0 Å². The molecule has 2 fully saturated rings. The van der Waals surface area contributed by atoms with Crippen LogP contribution in [0.15, 0.2) is 24.5 Å². The summed E-state index contributed by atoms with van der Waals surface area (Å²) in [5.41, 5.74) is 0. The Kier molecular flexibility index (Phi) is 3.87. The lowest BCUT2D eigenvalue weighted by molar-refractivity contribution is -0.136. The molecule has 0 saturated carbocycles. The van der Waals surface area contributed by atoms with Crippen LogP contribution in [0.25, 0.3) is 0 Å². The van der Waals surface area contributed by atoms with Crippen molar-refractivity contribution in [3.8, 4) is 5.75 Å². The van der Waals surface area contributed by atoms with Gasteiger partial charge in [0.15, 0.2) is 0 Å². The molecule has 20 heavy (non-hydrogen) atoms. The summed E-state index contributed by atoms with van der Waals surface area (Å²) in [5, 5.41) is 0. The van der Waals surface area contributed by atoms with Gasteiger partial charge >= 0.3 is 0 Å². The normalized spacial score (nSPS) is 23.6. The zero-order valence-electron chi connectivity index (χ0n) is 11.7. The van der Waals surface area contributed by atoms with Crippen molar-refractivity contribution in [3.63, 3.8) is 0 Å². The molecule has 0 radical (unpaired) electrons. The molecule has 0 aliphatic carbocycles. The highest BCUT2D eigenvalue weighted by Gasteiger charge is 2.51. The number of aromatic nitrogens is 1. The molecule has 5 heteroatoms. The van der Waals surface area contributed by atoms with E-state index in [-0.39, 0.29) is 10.9 Å². The highest BCUT2D eigenvalue weighted by atomic mass is 32.2. The molecular formula is C15H20N2O2S. The molecule has 1 spiro atoms. The molecule has 1 amide bonds. The Morgan fingerprint density at radius 1 is 1.60 bits per heavy atom. The first kappa shape index (κ1) is 13.7. The number of amides is 1. The van der Waals surface area contributed by atoms with Gasteiger partial charge in [-0.15, -0.1) is 11.8 Å². The highest BCUT2D eigenvalue weighted by molar-refractivity contribution is 8.01. The minimum atomic E-state index is 0.243. The Hall–Kier alpha value is -1.23. The molecule has 1 aromatic rings. The van der Waals surface area contributed by atoms with Crippen LogP contribution < -0.4 is 4.74 Å². The summed E-state index contributed by atoms with van der Waals surface area (Å²) in [7, 11) is 0. The van der Waals surface area contributed by atoms with Crippen molar-refractivity contribution in [1.29, 1.82) is 0 Å². The summed E-state index contributed by atoms with van der Waals surface area (Å²) >= 11 is 1.96. The summed E-state index contributed by atoms with van der Waals surface area (Å²) < 4.78 is 6.21. The predicted molar refractivity (Wildman–Crippen MR) is 79.9 cm³/mol. The lowest BCUT2D eigenvalue weighted by atomic mass is 9.92. The number of likely N-dealkylation sites (tertiary alicyclic amines) is 1. The number of nitrogens with zero attached hydrogens (tertiary/aromatic N) is 2. The smallest absolute Gasteiger partial charge is 0.222 e. The van der Waals surface area contributed by atoms with Crippen LogP contribution in [0.4, 0.5) is 0 Å². The van der Waals surface area contributed by atoms with E-state index in [9.17, 15) is 4.79 Å². The molecule has 1 atom stereocenters. The molecule has 1 unspecified atom stereocenters. The zero-order chi connectivity index (χ0) is 14.0. The maximum atomic E-state index is 11.8. The first-order valence-corrected chi connectivity index (χ1v) is 8.18. The fraction of sp³-hybridized carbons (Fsp3) is 0.600. The SMILES string of the molecule is CCCC(=O)N1CC2(CC(Oc3cccnc3)CS2)C1. The van der Waals surface area contributed by atoms with Crippen LogP contribution >= 0.6 is 11.8 Å². The molecular weight excluding hydrogens is 272 g/mol. The zero-order valence-corrected chi connectivity index (χ0v) is 12.6. The molecule has 3 heterocycles. The number of carbonyl (C=O) groups is 1. The Morgan fingerprint density at radius 2 is 2.45 bits per heavy atom. The summed E-state index contributed by atoms with van der Waals surface area (Å²) in [5.74, 6) is 2.15. The number of thioether (sulfide) groups is 1. The minimum Gasteiger partial charge on any atom is -0.488 e. The van der Waals surface area contributed by atoms with E-state index in [0.29, 0.717) is 12.3 Å². The standard InChI is InChI=1S/C15H20N2O2S/c1-2-4-14(18)17-10-15(11-17)7-13(9-20-15)19-12-5-3-6-16-8-12/h3,5-6,8,13H,2,4,7,9-11H2,1H3. The molecule has 2 aliphatic heterocycles. The van der Waals surface area contributed by atoms with E-state index >= 15 is 0 Å². The van der Waals surface area contributed by atoms with E-state index in [0.717, 1.165) is 37.4 Å². The van der Waals surface area contributed by atoms with E-state index in [1.54, 1.807) is 12.4 Å². The summed E-state index contributed by atoms with van der Waals surface area (Å²) in [6, 6.07) is 3.84. The van der Waals surface area contributed by atoms with Crippen molar-refractivity contribution in [2.45, 2.75) is 37.0 Å². The van der Waals surface area contributed by atoms with Gasteiger partial charge in [-0.05, 0) is 18.6 Å². The summed E-state index contributed by atoms with van der Waals surface area (Å²) in [6.45, 7) is 3.84. The van der Waals surface area contributed by atoms with E-state index in [1.807, 2.05) is 28.8 Å². The number of hydrogen-bond donors (Lipinski definition) is 0. The van der Waals surface area contributed by atoms with Crippen molar-refractivity contribution in [2.75, 3.05) is 18.8 Å². The average Bonchev–Trinajstić information content (AvgIpc) is 2.83. The Balaban J connectivity index is 1.50. The van der Waals surface area contributed by atoms with Gasteiger partial charge in [0.25, 0.3) is 0 Å². The van der Waals surface area contributed by atoms with Crippen molar-refractivity contribution in [2.24, 2.45) is 0 Å². The topological polar surface area (TPSA) is 42.4 Å². The van der Waals surface area contributed by atoms with Crippen molar-refractivity contribution < 1.29 is 9.53 Å². The van der Waals surface area contributed by atoms with E-state index in [4.69, 9.17) is 4.74 Å². The summed E-state index contributed by atoms with van der Waals surface area (Å²) in [4.78, 5) is 17.9. The third-order valence-corrected chi connectivity index (χ3v) is 5.46. The second-order valence-corrected chi connectivity index (χ2v) is 7.11. The number of rotatable bonds is 4. The minimum absolute atomic E-state index is 0.243. The van der Waals surface area contributed by atoms with Gasteiger partial charge in [0.1, 0.15) is 11.9 Å². The van der Waals surface area contributed by atoms with Gasteiger partial charge in [0, 0.05) is 37.9 Å². The van der Waals surface area contributed by atoms with Gasteiger partial charge in [-0.2, -0.15) is 0 Å². The molecule has 2 saturated heterocycles. The van der Waals surface area contributed by atoms with Gasteiger partial charge in [0.2, 0.25) is 5.91 Å². The average molecular weight is 292 g/mol. The second kappa shape index (κ2) is 5.64. The van der Waals surface area contributed by atoms with E-state index in [1.165, 1.54) is 0 Å². The number of ether oxygens (including phenoxy) is 1. The molecule has 3 rings (SSSR count). The van der Waals surface area contributed by atoms with Gasteiger partial charge < -0.3 is 9.64 Å². The fourth-order valence-electron chi connectivity index (χ4n) is 2.91. The largest absolute Gasteiger partial charge is 0.488 e. The lowest BCUT2D eigenvalue weighted by Gasteiger charge is -2.47. The molecule has 2 aliphatic rings. The van der Waals surface area contributed by atoms with Crippen LogP contribution in [0, 0.1) is 0 Å². The quantitative estimate of drug-likeness (QED) is 0.854. The van der Waals surface area contributed by atoms with Crippen molar-refractivity contribution in [3.05, 3.63) is 24.5 Å². The Labute approximate surface area is 123 Å². The van der Waals surface area contributed by atoms with E-state index in [2.05, 4.69) is 11.9 Å².